The van der Waals surface area contributed by atoms with E-state index in [1.165, 1.54) is 6.92 Å². The van der Waals surface area contributed by atoms with E-state index in [1.54, 1.807) is 24.3 Å². The highest BCUT2D eigenvalue weighted by atomic mass is 16.3. The van der Waals surface area contributed by atoms with Crippen molar-refractivity contribution in [2.75, 3.05) is 5.32 Å². The van der Waals surface area contributed by atoms with Gasteiger partial charge in [-0.25, -0.2) is 0 Å². The van der Waals surface area contributed by atoms with E-state index >= 15 is 0 Å². The molecule has 0 heterocycles. The molecule has 1 aromatic carbocycles. The minimum Gasteiger partial charge on any atom is -0.384 e. The van der Waals surface area contributed by atoms with Crippen LogP contribution in [0.2, 0.25) is 0 Å². The quantitative estimate of drug-likeness (QED) is 0.750. The summed E-state index contributed by atoms with van der Waals surface area (Å²) < 4.78 is 0. The van der Waals surface area contributed by atoms with Gasteiger partial charge in [0.1, 0.15) is 6.10 Å². The van der Waals surface area contributed by atoms with Gasteiger partial charge >= 0.3 is 0 Å². The lowest BCUT2D eigenvalue weighted by atomic mass is 10.1. The van der Waals surface area contributed by atoms with Crippen LogP contribution >= 0.6 is 0 Å². The van der Waals surface area contributed by atoms with Gasteiger partial charge in [0.25, 0.3) is 11.8 Å². The molecule has 0 aliphatic rings. The van der Waals surface area contributed by atoms with Gasteiger partial charge in [-0.2, -0.15) is 0 Å². The normalized spacial score (nSPS) is 12.1. The molecule has 0 saturated carbocycles. The van der Waals surface area contributed by atoms with Gasteiger partial charge in [-0.1, -0.05) is 12.1 Å². The Labute approximate surface area is 106 Å². The van der Waals surface area contributed by atoms with Gasteiger partial charge in [0.05, 0.1) is 11.3 Å². The monoisotopic (exact) mass is 250 g/mol. The average Bonchev–Trinajstić information content (AvgIpc) is 2.28. The predicted molar refractivity (Wildman–Crippen MR) is 69.4 cm³/mol. The van der Waals surface area contributed by atoms with Crippen LogP contribution in [0.5, 0.6) is 0 Å². The summed E-state index contributed by atoms with van der Waals surface area (Å²) >= 11 is 0. The van der Waals surface area contributed by atoms with Crippen molar-refractivity contribution in [3.63, 3.8) is 0 Å². The molecule has 0 aliphatic heterocycles. The van der Waals surface area contributed by atoms with Gasteiger partial charge in [-0.15, -0.1) is 0 Å². The van der Waals surface area contributed by atoms with Crippen LogP contribution in [0.25, 0.3) is 0 Å². The first-order valence-electron chi connectivity index (χ1n) is 5.80. The minimum absolute atomic E-state index is 0.0121. The molecule has 1 atom stereocenters. The zero-order valence-electron chi connectivity index (χ0n) is 10.7. The van der Waals surface area contributed by atoms with Gasteiger partial charge < -0.3 is 15.7 Å². The van der Waals surface area contributed by atoms with E-state index < -0.39 is 12.0 Å². The van der Waals surface area contributed by atoms with Crippen LogP contribution in [-0.4, -0.2) is 29.1 Å². The molecular weight excluding hydrogens is 232 g/mol. The molecule has 2 amide bonds. The van der Waals surface area contributed by atoms with Crippen LogP contribution in [0.4, 0.5) is 5.69 Å². The molecule has 98 valence electrons. The number of carbonyl (C=O) groups is 2. The fourth-order valence-electron chi connectivity index (χ4n) is 1.37. The Morgan fingerprint density at radius 2 is 1.78 bits per heavy atom. The van der Waals surface area contributed by atoms with Crippen molar-refractivity contribution in [2.45, 2.75) is 32.9 Å². The Morgan fingerprint density at radius 1 is 1.17 bits per heavy atom. The minimum atomic E-state index is -1.12. The zero-order chi connectivity index (χ0) is 13.7. The van der Waals surface area contributed by atoms with E-state index in [1.807, 2.05) is 13.8 Å². The number of aliphatic hydroxyl groups is 1. The molecule has 0 radical (unpaired) electrons. The lowest BCUT2D eigenvalue weighted by Gasteiger charge is -2.13. The Kier molecular flexibility index (Phi) is 4.85. The van der Waals surface area contributed by atoms with Crippen LogP contribution in [-0.2, 0) is 4.79 Å². The second-order valence-electron chi connectivity index (χ2n) is 4.34. The van der Waals surface area contributed by atoms with Gasteiger partial charge in [0.2, 0.25) is 0 Å². The molecule has 0 fully saturated rings. The molecule has 3 N–H and O–H groups in total. The number of para-hydroxylation sites is 1. The maximum Gasteiger partial charge on any atom is 0.253 e. The van der Waals surface area contributed by atoms with E-state index in [0.29, 0.717) is 11.3 Å². The molecule has 0 aromatic heterocycles. The van der Waals surface area contributed by atoms with Gasteiger partial charge in [0.15, 0.2) is 0 Å². The maximum absolute atomic E-state index is 11.9. The predicted octanol–water partition coefficient (Wildman–Crippen LogP) is 1.14. The Balaban J connectivity index is 2.92. The highest BCUT2D eigenvalue weighted by Gasteiger charge is 2.15. The average molecular weight is 250 g/mol. The van der Waals surface area contributed by atoms with Crippen LogP contribution in [0, 0.1) is 0 Å². The van der Waals surface area contributed by atoms with Crippen molar-refractivity contribution < 1.29 is 14.7 Å². The summed E-state index contributed by atoms with van der Waals surface area (Å²) in [7, 11) is 0. The second-order valence-corrected chi connectivity index (χ2v) is 4.34. The molecule has 5 heteroatoms. The van der Waals surface area contributed by atoms with Crippen molar-refractivity contribution in [1.29, 1.82) is 0 Å². The number of anilines is 1. The van der Waals surface area contributed by atoms with E-state index in [4.69, 9.17) is 5.11 Å². The molecule has 0 aliphatic carbocycles. The van der Waals surface area contributed by atoms with Crippen LogP contribution < -0.4 is 10.6 Å². The molecule has 18 heavy (non-hydrogen) atoms. The summed E-state index contributed by atoms with van der Waals surface area (Å²) in [6, 6.07) is 6.68. The van der Waals surface area contributed by atoms with Gasteiger partial charge in [-0.05, 0) is 32.9 Å². The number of nitrogens with one attached hydrogen (secondary N) is 2. The molecule has 1 aromatic rings. The van der Waals surface area contributed by atoms with Gasteiger partial charge in [0, 0.05) is 6.04 Å². The Hall–Kier alpha value is -1.88. The fourth-order valence-corrected chi connectivity index (χ4v) is 1.37. The van der Waals surface area contributed by atoms with Crippen LogP contribution in [0.1, 0.15) is 31.1 Å². The summed E-state index contributed by atoms with van der Waals surface area (Å²) in [5.74, 6) is -0.800. The Morgan fingerprint density at radius 3 is 2.33 bits per heavy atom. The topological polar surface area (TPSA) is 78.4 Å². The van der Waals surface area contributed by atoms with Crippen LogP contribution in [0.3, 0.4) is 0 Å². The highest BCUT2D eigenvalue weighted by molar-refractivity contribution is 6.04. The molecule has 1 rings (SSSR count). The van der Waals surface area contributed by atoms with E-state index in [-0.39, 0.29) is 11.9 Å². The number of benzene rings is 1. The molecule has 0 saturated heterocycles. The molecule has 1 unspecified atom stereocenters. The third-order valence-electron chi connectivity index (χ3n) is 2.23. The third-order valence-corrected chi connectivity index (χ3v) is 2.23. The summed E-state index contributed by atoms with van der Waals surface area (Å²) in [5, 5.41) is 14.4. The highest BCUT2D eigenvalue weighted by Crippen LogP contribution is 2.15. The number of aliphatic hydroxyl groups excluding tert-OH is 1. The molecule has 5 nitrogen and oxygen atoms in total. The van der Waals surface area contributed by atoms with Crippen molar-refractivity contribution in [3.8, 4) is 0 Å². The summed E-state index contributed by atoms with van der Waals surface area (Å²) in [6.07, 6.45) is -1.12. The van der Waals surface area contributed by atoms with Crippen LogP contribution in [0.15, 0.2) is 24.3 Å². The zero-order valence-corrected chi connectivity index (χ0v) is 10.7. The van der Waals surface area contributed by atoms with E-state index in [2.05, 4.69) is 10.6 Å². The number of carbonyl (C=O) groups excluding carboxylic acids is 2. The first kappa shape index (κ1) is 14.2. The van der Waals surface area contributed by atoms with Gasteiger partial charge in [-0.3, -0.25) is 9.59 Å². The standard InChI is InChI=1S/C13H18N2O3/c1-8(2)14-13(18)10-6-4-5-7-11(10)15-12(17)9(3)16/h4-9,16H,1-3H3,(H,14,18)(H,15,17). The molecule has 0 bridgehead atoms. The summed E-state index contributed by atoms with van der Waals surface area (Å²) in [4.78, 5) is 23.3. The lowest BCUT2D eigenvalue weighted by molar-refractivity contribution is -0.123. The number of rotatable bonds is 4. The fraction of sp³-hybridized carbons (Fsp3) is 0.385. The maximum atomic E-state index is 11.9. The Bertz CT molecular complexity index is 442. The van der Waals surface area contributed by atoms with E-state index in [0.717, 1.165) is 0 Å². The van der Waals surface area contributed by atoms with Crippen molar-refractivity contribution >= 4 is 17.5 Å². The smallest absolute Gasteiger partial charge is 0.253 e. The summed E-state index contributed by atoms with van der Waals surface area (Å²) in [5.41, 5.74) is 0.766. The van der Waals surface area contributed by atoms with Crippen molar-refractivity contribution in [2.24, 2.45) is 0 Å². The number of amides is 2. The number of hydrogen-bond acceptors (Lipinski definition) is 3. The third kappa shape index (κ3) is 3.85. The first-order valence-corrected chi connectivity index (χ1v) is 5.80. The van der Waals surface area contributed by atoms with Crippen molar-refractivity contribution in [1.82, 2.24) is 5.32 Å². The second kappa shape index (κ2) is 6.16. The largest absolute Gasteiger partial charge is 0.384 e. The first-order chi connectivity index (χ1) is 8.41. The lowest BCUT2D eigenvalue weighted by Crippen LogP contribution is -2.32. The number of hydrogen-bond donors (Lipinski definition) is 3. The van der Waals surface area contributed by atoms with Crippen molar-refractivity contribution in [3.05, 3.63) is 29.8 Å². The molecular formula is C13H18N2O3. The van der Waals surface area contributed by atoms with E-state index in [9.17, 15) is 9.59 Å². The SMILES string of the molecule is CC(C)NC(=O)c1ccccc1NC(=O)C(C)O. The molecule has 0 spiro atoms. The summed E-state index contributed by atoms with van der Waals surface area (Å²) in [6.45, 7) is 5.08.